The second kappa shape index (κ2) is 5.90. The largest absolute Gasteiger partial charge is 0.496 e. The first-order valence-corrected chi connectivity index (χ1v) is 8.43. The van der Waals surface area contributed by atoms with E-state index in [4.69, 9.17) is 18.9 Å². The van der Waals surface area contributed by atoms with Crippen LogP contribution in [0, 0.1) is 11.8 Å². The Balaban J connectivity index is 2.10. The first-order chi connectivity index (χ1) is 10.9. The van der Waals surface area contributed by atoms with Crippen LogP contribution in [0.4, 0.5) is 0 Å². The van der Waals surface area contributed by atoms with Crippen LogP contribution in [-0.2, 0) is 4.74 Å². The van der Waals surface area contributed by atoms with Crippen molar-refractivity contribution in [1.82, 2.24) is 0 Å². The maximum absolute atomic E-state index is 6.13. The fraction of sp³-hybridized carbons (Fsp3) is 0.684. The van der Waals surface area contributed by atoms with Crippen LogP contribution >= 0.6 is 0 Å². The van der Waals surface area contributed by atoms with Gasteiger partial charge in [-0.2, -0.15) is 0 Å². The van der Waals surface area contributed by atoms with Gasteiger partial charge in [-0.1, -0.05) is 13.8 Å². The molecule has 2 fully saturated rings. The van der Waals surface area contributed by atoms with Gasteiger partial charge >= 0.3 is 0 Å². The third-order valence-electron chi connectivity index (χ3n) is 5.65. The molecule has 0 spiro atoms. The summed E-state index contributed by atoms with van der Waals surface area (Å²) in [6, 6.07) is 3.90. The van der Waals surface area contributed by atoms with Crippen LogP contribution in [0.5, 0.6) is 17.2 Å². The maximum Gasteiger partial charge on any atom is 0.129 e. The van der Waals surface area contributed by atoms with Gasteiger partial charge in [-0.25, -0.2) is 0 Å². The summed E-state index contributed by atoms with van der Waals surface area (Å²) in [7, 11) is 5.07. The smallest absolute Gasteiger partial charge is 0.129 e. The number of rotatable bonds is 5. The average Bonchev–Trinajstić information content (AvgIpc) is 3.24. The zero-order chi connectivity index (χ0) is 16.8. The first kappa shape index (κ1) is 16.4. The summed E-state index contributed by atoms with van der Waals surface area (Å²) in [5, 5.41) is 0. The van der Waals surface area contributed by atoms with E-state index in [9.17, 15) is 0 Å². The minimum Gasteiger partial charge on any atom is -0.496 e. The molecular formula is C19H28O4. The number of hydrogen-bond donors (Lipinski definition) is 0. The van der Waals surface area contributed by atoms with Crippen LogP contribution in [0.3, 0.4) is 0 Å². The van der Waals surface area contributed by atoms with Crippen molar-refractivity contribution in [1.29, 1.82) is 0 Å². The molecule has 1 aromatic rings. The van der Waals surface area contributed by atoms with E-state index in [1.54, 1.807) is 21.3 Å². The molecule has 128 valence electrons. The van der Waals surface area contributed by atoms with Crippen LogP contribution in [0.15, 0.2) is 12.1 Å². The van der Waals surface area contributed by atoms with E-state index in [0.29, 0.717) is 17.8 Å². The van der Waals surface area contributed by atoms with Crippen LogP contribution in [0.1, 0.15) is 45.1 Å². The normalized spacial score (nSPS) is 32.4. The molecule has 4 nitrogen and oxygen atoms in total. The van der Waals surface area contributed by atoms with Crippen molar-refractivity contribution in [3.63, 3.8) is 0 Å². The molecule has 0 amide bonds. The molecule has 4 heteroatoms. The highest BCUT2D eigenvalue weighted by molar-refractivity contribution is 5.54. The average molecular weight is 320 g/mol. The molecule has 1 aliphatic heterocycles. The van der Waals surface area contributed by atoms with Gasteiger partial charge in [0.15, 0.2) is 0 Å². The van der Waals surface area contributed by atoms with Gasteiger partial charge in [0, 0.05) is 23.6 Å². The van der Waals surface area contributed by atoms with Gasteiger partial charge in [-0.3, -0.25) is 0 Å². The van der Waals surface area contributed by atoms with E-state index in [2.05, 4.69) is 20.8 Å². The molecule has 1 aromatic carbocycles. The fourth-order valence-corrected chi connectivity index (χ4v) is 4.24. The molecule has 0 bridgehead atoms. The highest BCUT2D eigenvalue weighted by atomic mass is 16.6. The van der Waals surface area contributed by atoms with Crippen molar-refractivity contribution in [3.05, 3.63) is 17.7 Å². The second-order valence-electron chi connectivity index (χ2n) is 7.27. The van der Waals surface area contributed by atoms with Crippen LogP contribution < -0.4 is 14.2 Å². The molecule has 1 saturated heterocycles. The number of methoxy groups -OCH3 is 3. The van der Waals surface area contributed by atoms with Crippen molar-refractivity contribution in [3.8, 4) is 17.2 Å². The third kappa shape index (κ3) is 2.67. The van der Waals surface area contributed by atoms with E-state index >= 15 is 0 Å². The van der Waals surface area contributed by atoms with Gasteiger partial charge in [-0.05, 0) is 31.6 Å². The molecule has 0 N–H and O–H groups in total. The molecule has 1 heterocycles. The van der Waals surface area contributed by atoms with Gasteiger partial charge in [0.2, 0.25) is 0 Å². The lowest BCUT2D eigenvalue weighted by atomic mass is 9.67. The van der Waals surface area contributed by atoms with Gasteiger partial charge in [0.1, 0.15) is 17.2 Å². The maximum atomic E-state index is 6.13. The molecular weight excluding hydrogens is 292 g/mol. The number of benzene rings is 1. The lowest BCUT2D eigenvalue weighted by Crippen LogP contribution is -2.33. The lowest BCUT2D eigenvalue weighted by Gasteiger charge is -2.35. The van der Waals surface area contributed by atoms with Crippen molar-refractivity contribution in [2.75, 3.05) is 21.3 Å². The molecule has 1 saturated carbocycles. The standard InChI is InChI=1S/C19H28O4/c1-11(2)13-7-8-19(3)18(23-19)16(13)17-14(21-5)9-12(20-4)10-15(17)22-6/h9-11,13,16,18H,7-8H2,1-6H3/t13-,16+,18+,19-/m1/s1. The van der Waals surface area contributed by atoms with Gasteiger partial charge in [0.25, 0.3) is 0 Å². The first-order valence-electron chi connectivity index (χ1n) is 8.43. The monoisotopic (exact) mass is 320 g/mol. The van der Waals surface area contributed by atoms with Crippen molar-refractivity contribution in [2.45, 2.75) is 51.2 Å². The van der Waals surface area contributed by atoms with Crippen molar-refractivity contribution >= 4 is 0 Å². The zero-order valence-electron chi connectivity index (χ0n) is 15.0. The molecule has 0 aromatic heterocycles. The number of hydrogen-bond acceptors (Lipinski definition) is 4. The molecule has 4 atom stereocenters. The van der Waals surface area contributed by atoms with Gasteiger partial charge in [-0.15, -0.1) is 0 Å². The van der Waals surface area contributed by atoms with E-state index in [-0.39, 0.29) is 11.7 Å². The topological polar surface area (TPSA) is 40.2 Å². The molecule has 3 rings (SSSR count). The summed E-state index contributed by atoms with van der Waals surface area (Å²) < 4.78 is 22.9. The van der Waals surface area contributed by atoms with Crippen molar-refractivity contribution in [2.24, 2.45) is 11.8 Å². The Hall–Kier alpha value is -1.42. The predicted octanol–water partition coefficient (Wildman–Crippen LogP) is 4.02. The van der Waals surface area contributed by atoms with Crippen LogP contribution in [0.25, 0.3) is 0 Å². The summed E-state index contributed by atoms with van der Waals surface area (Å²) in [4.78, 5) is 0. The van der Waals surface area contributed by atoms with Gasteiger partial charge in [0.05, 0.1) is 33.0 Å². The highest BCUT2D eigenvalue weighted by Gasteiger charge is 2.62. The van der Waals surface area contributed by atoms with Crippen LogP contribution in [0.2, 0.25) is 0 Å². The van der Waals surface area contributed by atoms with E-state index in [1.807, 2.05) is 12.1 Å². The van der Waals surface area contributed by atoms with Gasteiger partial charge < -0.3 is 18.9 Å². The second-order valence-corrected chi connectivity index (χ2v) is 7.27. The minimum atomic E-state index is 0.0198. The Morgan fingerprint density at radius 1 is 1.09 bits per heavy atom. The van der Waals surface area contributed by atoms with E-state index in [0.717, 1.165) is 29.2 Å². The summed E-state index contributed by atoms with van der Waals surface area (Å²) in [5.74, 6) is 3.86. The Morgan fingerprint density at radius 3 is 2.17 bits per heavy atom. The third-order valence-corrected chi connectivity index (χ3v) is 5.65. The van der Waals surface area contributed by atoms with Crippen molar-refractivity contribution < 1.29 is 18.9 Å². The molecule has 1 aliphatic carbocycles. The summed E-state index contributed by atoms with van der Waals surface area (Å²) in [6.45, 7) is 6.82. The zero-order valence-corrected chi connectivity index (χ0v) is 15.0. The number of fused-ring (bicyclic) bond motifs is 1. The van der Waals surface area contributed by atoms with Crippen LogP contribution in [-0.4, -0.2) is 33.0 Å². The van der Waals surface area contributed by atoms with E-state index in [1.165, 1.54) is 6.42 Å². The Kier molecular flexibility index (Phi) is 4.21. The molecule has 0 radical (unpaired) electrons. The minimum absolute atomic E-state index is 0.0198. The summed E-state index contributed by atoms with van der Waals surface area (Å²) >= 11 is 0. The molecule has 23 heavy (non-hydrogen) atoms. The Bertz CT molecular complexity index is 558. The summed E-state index contributed by atoms with van der Waals surface area (Å²) in [5.41, 5.74) is 1.15. The Morgan fingerprint density at radius 2 is 1.70 bits per heavy atom. The quantitative estimate of drug-likeness (QED) is 0.768. The summed E-state index contributed by atoms with van der Waals surface area (Å²) in [6.07, 6.45) is 2.56. The Labute approximate surface area is 139 Å². The predicted molar refractivity (Wildman–Crippen MR) is 89.7 cm³/mol. The lowest BCUT2D eigenvalue weighted by molar-refractivity contribution is 0.232. The van der Waals surface area contributed by atoms with E-state index < -0.39 is 0 Å². The number of epoxide rings is 1. The highest BCUT2D eigenvalue weighted by Crippen LogP contribution is 2.60. The number of ether oxygens (including phenoxy) is 4. The fourth-order valence-electron chi connectivity index (χ4n) is 4.24. The molecule has 0 unspecified atom stereocenters. The molecule has 2 aliphatic rings. The SMILES string of the molecule is COc1cc(OC)c([C@@H]2[C@@H](C(C)C)CC[C@@]3(C)O[C@@H]23)c(OC)c1.